The normalized spacial score (nSPS) is 19.3. The van der Waals surface area contributed by atoms with E-state index in [1.54, 1.807) is 18.4 Å². The SMILES string of the molecule is Cn1ccc([C@@H]2CCCN(C(=O)/C=C/c3ccco3)C2)n1. The van der Waals surface area contributed by atoms with Gasteiger partial charge in [-0.05, 0) is 37.1 Å². The topological polar surface area (TPSA) is 51.3 Å². The first kappa shape index (κ1) is 13.7. The van der Waals surface area contributed by atoms with Gasteiger partial charge in [-0.25, -0.2) is 0 Å². The number of amides is 1. The van der Waals surface area contributed by atoms with Crippen LogP contribution in [0.2, 0.25) is 0 Å². The molecular weight excluding hydrogens is 266 g/mol. The van der Waals surface area contributed by atoms with Crippen molar-refractivity contribution in [3.63, 3.8) is 0 Å². The van der Waals surface area contributed by atoms with Crippen molar-refractivity contribution in [1.82, 2.24) is 14.7 Å². The quantitative estimate of drug-likeness (QED) is 0.814. The fourth-order valence-electron chi connectivity index (χ4n) is 2.71. The molecular formula is C16H19N3O2. The number of nitrogens with zero attached hydrogens (tertiary/aromatic N) is 3. The number of carbonyl (C=O) groups is 1. The lowest BCUT2D eigenvalue weighted by molar-refractivity contribution is -0.127. The van der Waals surface area contributed by atoms with E-state index in [0.29, 0.717) is 11.7 Å². The van der Waals surface area contributed by atoms with Gasteiger partial charge in [0, 0.05) is 38.3 Å². The summed E-state index contributed by atoms with van der Waals surface area (Å²) in [5.74, 6) is 1.06. The van der Waals surface area contributed by atoms with Crippen LogP contribution in [0.15, 0.2) is 41.2 Å². The van der Waals surface area contributed by atoms with Gasteiger partial charge in [0.2, 0.25) is 5.91 Å². The molecule has 0 saturated carbocycles. The summed E-state index contributed by atoms with van der Waals surface area (Å²) in [4.78, 5) is 14.1. The molecule has 1 saturated heterocycles. The minimum absolute atomic E-state index is 0.0343. The third kappa shape index (κ3) is 3.24. The lowest BCUT2D eigenvalue weighted by Gasteiger charge is -2.31. The second-order valence-electron chi connectivity index (χ2n) is 5.39. The molecule has 3 heterocycles. The highest BCUT2D eigenvalue weighted by molar-refractivity contribution is 5.91. The standard InChI is InChI=1S/C16H19N3O2/c1-18-10-8-15(17-18)13-4-2-9-19(12-13)16(20)7-6-14-5-3-11-21-14/h3,5-8,10-11,13H,2,4,9,12H2,1H3/b7-6+/t13-/m1/s1. The molecule has 110 valence electrons. The van der Waals surface area contributed by atoms with Crippen LogP contribution in [0.5, 0.6) is 0 Å². The molecule has 1 aliphatic rings. The first-order chi connectivity index (χ1) is 10.2. The highest BCUT2D eigenvalue weighted by Crippen LogP contribution is 2.25. The number of likely N-dealkylation sites (tertiary alicyclic amines) is 1. The Hall–Kier alpha value is -2.30. The number of piperidine rings is 1. The Morgan fingerprint density at radius 3 is 3.10 bits per heavy atom. The van der Waals surface area contributed by atoms with Gasteiger partial charge in [-0.15, -0.1) is 0 Å². The lowest BCUT2D eigenvalue weighted by Crippen LogP contribution is -2.38. The molecule has 5 nitrogen and oxygen atoms in total. The lowest BCUT2D eigenvalue weighted by atomic mass is 9.95. The number of rotatable bonds is 3. The van der Waals surface area contributed by atoms with Crippen LogP contribution in [0.4, 0.5) is 0 Å². The van der Waals surface area contributed by atoms with Crippen molar-refractivity contribution in [2.45, 2.75) is 18.8 Å². The molecule has 1 aliphatic heterocycles. The largest absolute Gasteiger partial charge is 0.465 e. The second-order valence-corrected chi connectivity index (χ2v) is 5.39. The number of aryl methyl sites for hydroxylation is 1. The molecule has 0 bridgehead atoms. The smallest absolute Gasteiger partial charge is 0.246 e. The number of aromatic nitrogens is 2. The third-order valence-electron chi connectivity index (χ3n) is 3.82. The average Bonchev–Trinajstić information content (AvgIpc) is 3.16. The number of carbonyl (C=O) groups excluding carboxylic acids is 1. The van der Waals surface area contributed by atoms with Gasteiger partial charge in [0.1, 0.15) is 5.76 Å². The molecule has 1 fully saturated rings. The van der Waals surface area contributed by atoms with Crippen molar-refractivity contribution in [3.05, 3.63) is 48.2 Å². The summed E-state index contributed by atoms with van der Waals surface area (Å²) < 4.78 is 7.01. The van der Waals surface area contributed by atoms with E-state index in [-0.39, 0.29) is 5.91 Å². The zero-order valence-corrected chi connectivity index (χ0v) is 12.1. The first-order valence-corrected chi connectivity index (χ1v) is 7.22. The van der Waals surface area contributed by atoms with Gasteiger partial charge in [-0.1, -0.05) is 0 Å². The molecule has 3 rings (SSSR count). The molecule has 1 atom stereocenters. The summed E-state index contributed by atoms with van der Waals surface area (Å²) in [6, 6.07) is 5.68. The van der Waals surface area contributed by atoms with E-state index in [9.17, 15) is 4.79 Å². The maximum Gasteiger partial charge on any atom is 0.246 e. The Morgan fingerprint density at radius 1 is 1.48 bits per heavy atom. The predicted molar refractivity (Wildman–Crippen MR) is 79.5 cm³/mol. The zero-order chi connectivity index (χ0) is 14.7. The van der Waals surface area contributed by atoms with Crippen LogP contribution in [0.3, 0.4) is 0 Å². The predicted octanol–water partition coefficient (Wildman–Crippen LogP) is 2.43. The number of hydrogen-bond donors (Lipinski definition) is 0. The maximum absolute atomic E-state index is 12.2. The molecule has 0 radical (unpaired) electrons. The van der Waals surface area contributed by atoms with Gasteiger partial charge >= 0.3 is 0 Å². The minimum Gasteiger partial charge on any atom is -0.465 e. The Balaban J connectivity index is 1.64. The van der Waals surface area contributed by atoms with Gasteiger partial charge in [0.15, 0.2) is 0 Å². The molecule has 2 aromatic heterocycles. The maximum atomic E-state index is 12.2. The molecule has 0 spiro atoms. The molecule has 1 amide bonds. The van der Waals surface area contributed by atoms with E-state index in [0.717, 1.165) is 31.6 Å². The summed E-state index contributed by atoms with van der Waals surface area (Å²) in [6.45, 7) is 1.54. The van der Waals surface area contributed by atoms with Crippen molar-refractivity contribution in [1.29, 1.82) is 0 Å². The van der Waals surface area contributed by atoms with Crippen molar-refractivity contribution in [2.75, 3.05) is 13.1 Å². The second kappa shape index (κ2) is 5.99. The van der Waals surface area contributed by atoms with Crippen LogP contribution in [0.25, 0.3) is 6.08 Å². The van der Waals surface area contributed by atoms with Crippen LogP contribution >= 0.6 is 0 Å². The summed E-state index contributed by atoms with van der Waals surface area (Å²) in [6.07, 6.45) is 8.95. The fraction of sp³-hybridized carbons (Fsp3) is 0.375. The summed E-state index contributed by atoms with van der Waals surface area (Å²) >= 11 is 0. The molecule has 0 N–H and O–H groups in total. The van der Waals surface area contributed by atoms with Crippen LogP contribution in [0, 0.1) is 0 Å². The van der Waals surface area contributed by atoms with E-state index < -0.39 is 0 Å². The molecule has 5 heteroatoms. The highest BCUT2D eigenvalue weighted by Gasteiger charge is 2.25. The fourth-order valence-corrected chi connectivity index (χ4v) is 2.71. The third-order valence-corrected chi connectivity index (χ3v) is 3.82. The van der Waals surface area contributed by atoms with Crippen molar-refractivity contribution in [3.8, 4) is 0 Å². The van der Waals surface area contributed by atoms with E-state index in [1.165, 1.54) is 0 Å². The van der Waals surface area contributed by atoms with Crippen molar-refractivity contribution in [2.24, 2.45) is 7.05 Å². The van der Waals surface area contributed by atoms with E-state index in [2.05, 4.69) is 5.10 Å². The Morgan fingerprint density at radius 2 is 2.38 bits per heavy atom. The summed E-state index contributed by atoms with van der Waals surface area (Å²) in [7, 11) is 1.92. The van der Waals surface area contributed by atoms with Crippen LogP contribution < -0.4 is 0 Å². The first-order valence-electron chi connectivity index (χ1n) is 7.22. The Labute approximate surface area is 123 Å². The Bertz CT molecular complexity index is 628. The molecule has 0 unspecified atom stereocenters. The summed E-state index contributed by atoms with van der Waals surface area (Å²) in [5.41, 5.74) is 1.07. The van der Waals surface area contributed by atoms with Crippen molar-refractivity contribution < 1.29 is 9.21 Å². The van der Waals surface area contributed by atoms with Crippen molar-refractivity contribution >= 4 is 12.0 Å². The molecule has 21 heavy (non-hydrogen) atoms. The van der Waals surface area contributed by atoms with E-state index >= 15 is 0 Å². The number of furan rings is 1. The van der Waals surface area contributed by atoms with Crippen LogP contribution in [0.1, 0.15) is 30.2 Å². The van der Waals surface area contributed by atoms with Crippen LogP contribution in [-0.2, 0) is 11.8 Å². The average molecular weight is 285 g/mol. The monoisotopic (exact) mass is 285 g/mol. The molecule has 0 aliphatic carbocycles. The van der Waals surface area contributed by atoms with Gasteiger partial charge in [0.25, 0.3) is 0 Å². The van der Waals surface area contributed by atoms with Gasteiger partial charge < -0.3 is 9.32 Å². The highest BCUT2D eigenvalue weighted by atomic mass is 16.3. The van der Waals surface area contributed by atoms with Gasteiger partial charge in [-0.3, -0.25) is 9.48 Å². The van der Waals surface area contributed by atoms with E-state index in [1.807, 2.05) is 41.0 Å². The Kier molecular flexibility index (Phi) is 3.90. The minimum atomic E-state index is 0.0343. The van der Waals surface area contributed by atoms with Crippen LogP contribution in [-0.4, -0.2) is 33.7 Å². The molecule has 0 aromatic carbocycles. The van der Waals surface area contributed by atoms with Gasteiger partial charge in [0.05, 0.1) is 12.0 Å². The van der Waals surface area contributed by atoms with Gasteiger partial charge in [-0.2, -0.15) is 5.10 Å². The summed E-state index contributed by atoms with van der Waals surface area (Å²) in [5, 5.41) is 4.46. The number of hydrogen-bond acceptors (Lipinski definition) is 3. The molecule has 2 aromatic rings. The van der Waals surface area contributed by atoms with E-state index in [4.69, 9.17) is 4.42 Å². The zero-order valence-electron chi connectivity index (χ0n) is 12.1.